The van der Waals surface area contributed by atoms with Gasteiger partial charge in [0.15, 0.2) is 5.82 Å². The molecule has 0 N–H and O–H groups in total. The van der Waals surface area contributed by atoms with Crippen LogP contribution in [0.4, 0.5) is 5.69 Å². The van der Waals surface area contributed by atoms with Crippen LogP contribution in [-0.4, -0.2) is 34.4 Å². The number of rotatable bonds is 5. The molecule has 23 heavy (non-hydrogen) atoms. The zero-order valence-electron chi connectivity index (χ0n) is 13.0. The van der Waals surface area contributed by atoms with E-state index in [9.17, 15) is 0 Å². The third kappa shape index (κ3) is 3.37. The highest BCUT2D eigenvalue weighted by atomic mass is 16.5. The number of hydrogen-bond donors (Lipinski definition) is 0. The van der Waals surface area contributed by atoms with Gasteiger partial charge in [-0.1, -0.05) is 18.2 Å². The van der Waals surface area contributed by atoms with Gasteiger partial charge in [-0.3, -0.25) is 0 Å². The van der Waals surface area contributed by atoms with Crippen molar-refractivity contribution in [3.05, 3.63) is 66.6 Å². The largest absolute Gasteiger partial charge is 0.497 e. The van der Waals surface area contributed by atoms with Gasteiger partial charge in [0.05, 0.1) is 12.8 Å². The number of anilines is 1. The highest BCUT2D eigenvalue weighted by Crippen LogP contribution is 2.16. The minimum atomic E-state index is 0.651. The molecule has 0 saturated carbocycles. The lowest BCUT2D eigenvalue weighted by atomic mass is 10.3. The molecule has 6 nitrogen and oxygen atoms in total. The first-order chi connectivity index (χ1) is 11.3. The molecule has 0 radical (unpaired) electrons. The van der Waals surface area contributed by atoms with Crippen LogP contribution in [-0.2, 0) is 0 Å². The molecule has 2 aromatic carbocycles. The Morgan fingerprint density at radius 1 is 1.04 bits per heavy atom. The second kappa shape index (κ2) is 6.74. The Kier molecular flexibility index (Phi) is 4.33. The van der Waals surface area contributed by atoms with E-state index in [1.807, 2.05) is 78.8 Å². The minimum absolute atomic E-state index is 0.651. The lowest BCUT2D eigenvalue weighted by Gasteiger charge is -2.13. The molecule has 0 saturated heterocycles. The molecule has 0 aliphatic heterocycles. The average Bonchev–Trinajstić information content (AvgIpc) is 3.09. The quantitative estimate of drug-likeness (QED) is 0.725. The highest BCUT2D eigenvalue weighted by molar-refractivity contribution is 5.54. The van der Waals surface area contributed by atoms with Crippen LogP contribution in [0.15, 0.2) is 60.8 Å². The number of nitrogens with zero attached hydrogens (tertiary/aromatic N) is 5. The molecule has 0 aliphatic rings. The fourth-order valence-corrected chi connectivity index (χ4v) is 2.13. The molecule has 6 heteroatoms. The van der Waals surface area contributed by atoms with Gasteiger partial charge in [-0.2, -0.15) is 4.68 Å². The van der Waals surface area contributed by atoms with Gasteiger partial charge >= 0.3 is 0 Å². The monoisotopic (exact) mass is 307 g/mol. The Morgan fingerprint density at radius 3 is 2.48 bits per heavy atom. The second-order valence-electron chi connectivity index (χ2n) is 4.91. The number of methoxy groups -OCH3 is 1. The summed E-state index contributed by atoms with van der Waals surface area (Å²) in [7, 11) is 3.62. The number of aromatic nitrogens is 4. The maximum Gasteiger partial charge on any atom is 0.181 e. The van der Waals surface area contributed by atoms with E-state index >= 15 is 0 Å². The van der Waals surface area contributed by atoms with E-state index in [1.54, 1.807) is 11.8 Å². The number of benzene rings is 2. The van der Waals surface area contributed by atoms with Gasteiger partial charge < -0.3 is 9.64 Å². The number of para-hydroxylation sites is 1. The van der Waals surface area contributed by atoms with Crippen molar-refractivity contribution in [2.45, 2.75) is 0 Å². The predicted octanol–water partition coefficient (Wildman–Crippen LogP) is 2.78. The normalized spacial score (nSPS) is 10.9. The van der Waals surface area contributed by atoms with E-state index in [4.69, 9.17) is 4.74 Å². The molecule has 3 rings (SSSR count). The van der Waals surface area contributed by atoms with Crippen molar-refractivity contribution in [2.75, 3.05) is 19.1 Å². The summed E-state index contributed by atoms with van der Waals surface area (Å²) in [5, 5.41) is 11.8. The van der Waals surface area contributed by atoms with Gasteiger partial charge in [-0.25, -0.2) is 0 Å². The summed E-state index contributed by atoms with van der Waals surface area (Å²) in [6.07, 6.45) is 3.80. The Hall–Kier alpha value is -3.15. The van der Waals surface area contributed by atoms with Crippen LogP contribution in [0.25, 0.3) is 11.8 Å². The summed E-state index contributed by atoms with van der Waals surface area (Å²) < 4.78 is 6.84. The van der Waals surface area contributed by atoms with E-state index in [0.29, 0.717) is 5.82 Å². The third-order valence-electron chi connectivity index (χ3n) is 3.42. The molecule has 3 aromatic rings. The van der Waals surface area contributed by atoms with Crippen molar-refractivity contribution in [2.24, 2.45) is 0 Å². The summed E-state index contributed by atoms with van der Waals surface area (Å²) in [5.74, 6) is 1.45. The van der Waals surface area contributed by atoms with Gasteiger partial charge in [-0.15, -0.1) is 5.10 Å². The van der Waals surface area contributed by atoms with Crippen LogP contribution in [0.1, 0.15) is 5.82 Å². The average molecular weight is 307 g/mol. The molecule has 0 spiro atoms. The summed E-state index contributed by atoms with van der Waals surface area (Å²) in [4.78, 5) is 2.01. The van der Waals surface area contributed by atoms with E-state index in [2.05, 4.69) is 15.5 Å². The smallest absolute Gasteiger partial charge is 0.181 e. The zero-order chi connectivity index (χ0) is 16.1. The van der Waals surface area contributed by atoms with E-state index in [-0.39, 0.29) is 0 Å². The van der Waals surface area contributed by atoms with Gasteiger partial charge in [0.2, 0.25) is 0 Å². The van der Waals surface area contributed by atoms with Gasteiger partial charge in [0, 0.05) is 25.0 Å². The molecule has 0 unspecified atom stereocenters. The summed E-state index contributed by atoms with van der Waals surface area (Å²) in [6, 6.07) is 17.6. The Bertz CT molecular complexity index is 780. The molecule has 0 aliphatic carbocycles. The highest BCUT2D eigenvalue weighted by Gasteiger charge is 2.06. The van der Waals surface area contributed by atoms with Crippen molar-refractivity contribution < 1.29 is 4.74 Å². The van der Waals surface area contributed by atoms with E-state index in [0.717, 1.165) is 17.1 Å². The first-order valence-electron chi connectivity index (χ1n) is 7.17. The summed E-state index contributed by atoms with van der Waals surface area (Å²) in [6.45, 7) is 0. The standard InChI is InChI=1S/C17H17N5O/c1-21(14-6-4-3-5-7-14)13-12-17-18-19-20-22(17)15-8-10-16(23-2)11-9-15/h3-13H,1-2H3/b13-12+. The summed E-state index contributed by atoms with van der Waals surface area (Å²) in [5.41, 5.74) is 1.96. The molecular weight excluding hydrogens is 290 g/mol. The first-order valence-corrected chi connectivity index (χ1v) is 7.17. The maximum atomic E-state index is 5.16. The minimum Gasteiger partial charge on any atom is -0.497 e. The second-order valence-corrected chi connectivity index (χ2v) is 4.91. The molecule has 116 valence electrons. The Labute approximate surface area is 134 Å². The van der Waals surface area contributed by atoms with Crippen LogP contribution in [0, 0.1) is 0 Å². The van der Waals surface area contributed by atoms with Gasteiger partial charge in [0.25, 0.3) is 0 Å². The molecular formula is C17H17N5O. The lowest BCUT2D eigenvalue weighted by Crippen LogP contribution is -2.08. The third-order valence-corrected chi connectivity index (χ3v) is 3.42. The van der Waals surface area contributed by atoms with Crippen LogP contribution < -0.4 is 9.64 Å². The lowest BCUT2D eigenvalue weighted by molar-refractivity contribution is 0.414. The van der Waals surface area contributed by atoms with Crippen molar-refractivity contribution in [1.82, 2.24) is 20.2 Å². The van der Waals surface area contributed by atoms with Crippen LogP contribution in [0.5, 0.6) is 5.75 Å². The zero-order valence-corrected chi connectivity index (χ0v) is 13.0. The van der Waals surface area contributed by atoms with E-state index < -0.39 is 0 Å². The van der Waals surface area contributed by atoms with Crippen molar-refractivity contribution in [3.8, 4) is 11.4 Å². The topological polar surface area (TPSA) is 56.1 Å². The molecule has 0 bridgehead atoms. The number of tetrazole rings is 1. The Balaban J connectivity index is 1.82. The number of ether oxygens (including phenoxy) is 1. The Morgan fingerprint density at radius 2 is 1.78 bits per heavy atom. The van der Waals surface area contributed by atoms with Crippen LogP contribution in [0.3, 0.4) is 0 Å². The molecule has 0 amide bonds. The van der Waals surface area contributed by atoms with Crippen molar-refractivity contribution in [3.63, 3.8) is 0 Å². The van der Waals surface area contributed by atoms with Gasteiger partial charge in [-0.05, 0) is 46.8 Å². The SMILES string of the molecule is COc1ccc(-n2nnnc2/C=C/N(C)c2ccccc2)cc1. The molecule has 1 heterocycles. The first kappa shape index (κ1) is 14.8. The van der Waals surface area contributed by atoms with Crippen molar-refractivity contribution >= 4 is 11.8 Å². The fraction of sp³-hybridized carbons (Fsp3) is 0.118. The molecule has 0 atom stereocenters. The van der Waals surface area contributed by atoms with Gasteiger partial charge in [0.1, 0.15) is 5.75 Å². The fourth-order valence-electron chi connectivity index (χ4n) is 2.13. The summed E-state index contributed by atoms with van der Waals surface area (Å²) >= 11 is 0. The van der Waals surface area contributed by atoms with Crippen LogP contribution in [0.2, 0.25) is 0 Å². The van der Waals surface area contributed by atoms with Crippen molar-refractivity contribution in [1.29, 1.82) is 0 Å². The predicted molar refractivity (Wildman–Crippen MR) is 89.6 cm³/mol. The molecule has 0 fully saturated rings. The van der Waals surface area contributed by atoms with Crippen LogP contribution >= 0.6 is 0 Å². The molecule has 1 aromatic heterocycles. The van der Waals surface area contributed by atoms with E-state index in [1.165, 1.54) is 0 Å². The number of hydrogen-bond acceptors (Lipinski definition) is 5. The maximum absolute atomic E-state index is 5.16.